The maximum atomic E-state index is 11.4. The lowest BCUT2D eigenvalue weighted by molar-refractivity contribution is 0.564. The summed E-state index contributed by atoms with van der Waals surface area (Å²) >= 11 is -1.96. The van der Waals surface area contributed by atoms with Gasteiger partial charge in [-0.25, -0.2) is 12.6 Å². The molecule has 0 bridgehead atoms. The second kappa shape index (κ2) is 5.87. The summed E-state index contributed by atoms with van der Waals surface area (Å²) in [5.41, 5.74) is 1.97. The van der Waals surface area contributed by atoms with Gasteiger partial charge in [-0.05, 0) is 41.8 Å². The van der Waals surface area contributed by atoms with Crippen molar-refractivity contribution in [1.82, 2.24) is 0 Å². The van der Waals surface area contributed by atoms with Crippen LogP contribution >= 0.6 is 0 Å². The van der Waals surface area contributed by atoms with Crippen LogP contribution in [0.2, 0.25) is 0 Å². The number of hydrogen-bond acceptors (Lipinski definition) is 3. The Labute approximate surface area is 120 Å². The molecule has 1 N–H and O–H groups in total. The van der Waals surface area contributed by atoms with Crippen molar-refractivity contribution in [2.75, 3.05) is 6.26 Å². The Morgan fingerprint density at radius 3 is 1.80 bits per heavy atom. The van der Waals surface area contributed by atoms with Gasteiger partial charge >= 0.3 is 0 Å². The van der Waals surface area contributed by atoms with E-state index in [1.54, 1.807) is 48.5 Å². The van der Waals surface area contributed by atoms with Crippen molar-refractivity contribution in [3.05, 3.63) is 59.7 Å². The van der Waals surface area contributed by atoms with Crippen molar-refractivity contribution in [3.63, 3.8) is 0 Å². The van der Waals surface area contributed by atoms with E-state index in [9.17, 15) is 12.6 Å². The molecule has 0 aromatic heterocycles. The van der Waals surface area contributed by atoms with Gasteiger partial charge in [-0.15, -0.1) is 0 Å². The molecule has 0 aliphatic heterocycles. The fourth-order valence-electron chi connectivity index (χ4n) is 1.81. The standard InChI is InChI=1S/C14H14O4S2/c1-20(17,18)14-8-4-12(5-9-14)10-11-2-6-13(7-3-11)19(15)16/h2-9H,10H2,1H3,(H,15,16). The van der Waals surface area contributed by atoms with E-state index in [-0.39, 0.29) is 0 Å². The Morgan fingerprint density at radius 1 is 0.950 bits per heavy atom. The van der Waals surface area contributed by atoms with Gasteiger partial charge in [0.25, 0.3) is 0 Å². The highest BCUT2D eigenvalue weighted by atomic mass is 32.2. The van der Waals surface area contributed by atoms with Crippen LogP contribution in [0.25, 0.3) is 0 Å². The highest BCUT2D eigenvalue weighted by Crippen LogP contribution is 2.15. The van der Waals surface area contributed by atoms with Gasteiger partial charge in [0.05, 0.1) is 9.79 Å². The summed E-state index contributed by atoms with van der Waals surface area (Å²) in [5.74, 6) is 0. The number of rotatable bonds is 4. The van der Waals surface area contributed by atoms with Crippen molar-refractivity contribution >= 4 is 20.9 Å². The van der Waals surface area contributed by atoms with Crippen LogP contribution < -0.4 is 0 Å². The first kappa shape index (κ1) is 14.9. The Balaban J connectivity index is 2.16. The van der Waals surface area contributed by atoms with Gasteiger partial charge in [0.1, 0.15) is 0 Å². The maximum absolute atomic E-state index is 11.4. The highest BCUT2D eigenvalue weighted by molar-refractivity contribution is 7.90. The molecule has 0 fully saturated rings. The summed E-state index contributed by atoms with van der Waals surface area (Å²) in [6.07, 6.45) is 1.82. The first-order valence-electron chi connectivity index (χ1n) is 5.85. The summed E-state index contributed by atoms with van der Waals surface area (Å²) in [6, 6.07) is 13.5. The Kier molecular flexibility index (Phi) is 4.37. The SMILES string of the molecule is CS(=O)(=O)c1ccc(Cc2ccc(S(=O)O)cc2)cc1. The van der Waals surface area contributed by atoms with Crippen LogP contribution in [0.4, 0.5) is 0 Å². The average molecular weight is 310 g/mol. The second-order valence-corrected chi connectivity index (χ2v) is 7.47. The highest BCUT2D eigenvalue weighted by Gasteiger charge is 2.06. The third kappa shape index (κ3) is 3.75. The van der Waals surface area contributed by atoms with Crippen LogP contribution in [0.1, 0.15) is 11.1 Å². The first-order chi connectivity index (χ1) is 9.36. The van der Waals surface area contributed by atoms with Gasteiger partial charge in [-0.3, -0.25) is 0 Å². The molecule has 1 atom stereocenters. The zero-order chi connectivity index (χ0) is 14.8. The molecular weight excluding hydrogens is 296 g/mol. The minimum atomic E-state index is -3.17. The molecule has 4 nitrogen and oxygen atoms in total. The number of benzene rings is 2. The molecule has 0 aliphatic rings. The molecule has 106 valence electrons. The summed E-state index contributed by atoms with van der Waals surface area (Å²) in [5, 5.41) is 0. The largest absolute Gasteiger partial charge is 0.302 e. The molecule has 0 aliphatic carbocycles. The van der Waals surface area contributed by atoms with Crippen molar-refractivity contribution in [3.8, 4) is 0 Å². The quantitative estimate of drug-likeness (QED) is 0.879. The van der Waals surface area contributed by atoms with Gasteiger partial charge in [-0.2, -0.15) is 0 Å². The molecule has 6 heteroatoms. The topological polar surface area (TPSA) is 71.4 Å². The summed E-state index contributed by atoms with van der Waals surface area (Å²) < 4.78 is 42.5. The zero-order valence-corrected chi connectivity index (χ0v) is 12.4. The molecule has 20 heavy (non-hydrogen) atoms. The van der Waals surface area contributed by atoms with Gasteiger partial charge < -0.3 is 4.55 Å². The summed E-state index contributed by atoms with van der Waals surface area (Å²) in [6.45, 7) is 0. The van der Waals surface area contributed by atoms with E-state index in [0.29, 0.717) is 16.2 Å². The van der Waals surface area contributed by atoms with Crippen molar-refractivity contribution in [2.24, 2.45) is 0 Å². The normalized spacial score (nSPS) is 13.1. The Bertz CT molecular complexity index is 717. The maximum Gasteiger partial charge on any atom is 0.186 e. The molecule has 0 radical (unpaired) electrons. The van der Waals surface area contributed by atoms with Gasteiger partial charge in [-0.1, -0.05) is 24.3 Å². The number of sulfone groups is 1. The van der Waals surface area contributed by atoms with E-state index >= 15 is 0 Å². The monoisotopic (exact) mass is 310 g/mol. The molecule has 0 amide bonds. The van der Waals surface area contributed by atoms with Crippen molar-refractivity contribution in [2.45, 2.75) is 16.2 Å². The average Bonchev–Trinajstić information content (AvgIpc) is 2.39. The molecule has 0 saturated heterocycles. The van der Waals surface area contributed by atoms with E-state index in [4.69, 9.17) is 4.55 Å². The predicted molar refractivity (Wildman–Crippen MR) is 77.8 cm³/mol. The summed E-state index contributed by atoms with van der Waals surface area (Å²) in [4.78, 5) is 0.661. The van der Waals surface area contributed by atoms with Crippen molar-refractivity contribution in [1.29, 1.82) is 0 Å². The van der Waals surface area contributed by atoms with Crippen LogP contribution in [0.5, 0.6) is 0 Å². The van der Waals surface area contributed by atoms with E-state index < -0.39 is 20.9 Å². The van der Waals surface area contributed by atoms with Gasteiger partial charge in [0.15, 0.2) is 20.9 Å². The van der Waals surface area contributed by atoms with Crippen LogP contribution in [0.15, 0.2) is 58.3 Å². The van der Waals surface area contributed by atoms with E-state index in [1.165, 1.54) is 6.26 Å². The zero-order valence-electron chi connectivity index (χ0n) is 10.8. The molecule has 1 unspecified atom stereocenters. The van der Waals surface area contributed by atoms with E-state index in [0.717, 1.165) is 11.1 Å². The molecule has 2 rings (SSSR count). The minimum absolute atomic E-state index is 0.298. The summed E-state index contributed by atoms with van der Waals surface area (Å²) in [7, 11) is -3.17. The van der Waals surface area contributed by atoms with Crippen LogP contribution in [-0.2, 0) is 27.3 Å². The Hall–Kier alpha value is -1.50. The van der Waals surface area contributed by atoms with Crippen LogP contribution in [0, 0.1) is 0 Å². The molecule has 0 heterocycles. The smallest absolute Gasteiger partial charge is 0.186 e. The minimum Gasteiger partial charge on any atom is -0.302 e. The lowest BCUT2D eigenvalue weighted by Gasteiger charge is -2.04. The lowest BCUT2D eigenvalue weighted by Crippen LogP contribution is -1.97. The van der Waals surface area contributed by atoms with Gasteiger partial charge in [0.2, 0.25) is 0 Å². The van der Waals surface area contributed by atoms with Gasteiger partial charge in [0, 0.05) is 6.26 Å². The molecule has 0 saturated carbocycles. The van der Waals surface area contributed by atoms with Crippen LogP contribution in [-0.4, -0.2) is 23.4 Å². The van der Waals surface area contributed by atoms with Crippen LogP contribution in [0.3, 0.4) is 0 Å². The van der Waals surface area contributed by atoms with Crippen molar-refractivity contribution < 1.29 is 17.2 Å². The molecule has 2 aromatic rings. The fourth-order valence-corrected chi connectivity index (χ4v) is 2.81. The first-order valence-corrected chi connectivity index (χ1v) is 8.85. The number of hydrogen-bond donors (Lipinski definition) is 1. The third-order valence-corrected chi connectivity index (χ3v) is 4.69. The molecule has 2 aromatic carbocycles. The Morgan fingerprint density at radius 2 is 1.40 bits per heavy atom. The second-order valence-electron chi connectivity index (χ2n) is 4.49. The van der Waals surface area contributed by atoms with E-state index in [1.807, 2.05) is 0 Å². The predicted octanol–water partition coefficient (Wildman–Crippen LogP) is 2.26. The molecule has 0 spiro atoms. The third-order valence-electron chi connectivity index (χ3n) is 2.88. The fraction of sp³-hybridized carbons (Fsp3) is 0.143. The lowest BCUT2D eigenvalue weighted by atomic mass is 10.1. The van der Waals surface area contributed by atoms with E-state index in [2.05, 4.69) is 0 Å². The molecular formula is C14H14O4S2.